The lowest BCUT2D eigenvalue weighted by Crippen LogP contribution is -2.40. The van der Waals surface area contributed by atoms with Crippen molar-refractivity contribution < 1.29 is 4.79 Å². The second-order valence-electron chi connectivity index (χ2n) is 6.11. The summed E-state index contributed by atoms with van der Waals surface area (Å²) in [6.45, 7) is 7.58. The number of carbonyl (C=O) groups excluding carboxylic acids is 1. The molecule has 0 saturated heterocycles. The molecule has 0 radical (unpaired) electrons. The minimum atomic E-state index is -0.112. The molecule has 1 heterocycles. The summed E-state index contributed by atoms with van der Waals surface area (Å²) in [4.78, 5) is 18.4. The first-order valence-corrected chi connectivity index (χ1v) is 6.62. The third-order valence-corrected chi connectivity index (χ3v) is 2.84. The first kappa shape index (κ1) is 16.4. The number of nitrogen functional groups attached to an aromatic ring is 1. The number of hydrazine groups is 1. The SMILES string of the molecule is Cc1cc(C(=O)NCC(C)(C)CN(C)C)cc(NN)n1. The van der Waals surface area contributed by atoms with Crippen molar-refractivity contribution in [2.45, 2.75) is 20.8 Å². The smallest absolute Gasteiger partial charge is 0.251 e. The minimum absolute atomic E-state index is 0.0101. The second kappa shape index (κ2) is 6.67. The topological polar surface area (TPSA) is 83.3 Å². The molecule has 1 aromatic rings. The molecule has 6 nitrogen and oxygen atoms in total. The molecule has 0 saturated carbocycles. The van der Waals surface area contributed by atoms with Crippen LogP contribution in [0.2, 0.25) is 0 Å². The highest BCUT2D eigenvalue weighted by Crippen LogP contribution is 2.15. The maximum Gasteiger partial charge on any atom is 0.251 e. The number of nitrogens with zero attached hydrogens (tertiary/aromatic N) is 2. The van der Waals surface area contributed by atoms with E-state index in [-0.39, 0.29) is 11.3 Å². The second-order valence-corrected chi connectivity index (χ2v) is 6.11. The number of aryl methyl sites for hydroxylation is 1. The lowest BCUT2D eigenvalue weighted by Gasteiger charge is -2.28. The van der Waals surface area contributed by atoms with Crippen LogP contribution in [-0.2, 0) is 0 Å². The summed E-state index contributed by atoms with van der Waals surface area (Å²) in [5, 5.41) is 2.96. The van der Waals surface area contributed by atoms with Gasteiger partial charge in [-0.3, -0.25) is 4.79 Å². The zero-order valence-electron chi connectivity index (χ0n) is 12.9. The van der Waals surface area contributed by atoms with Crippen LogP contribution in [0.3, 0.4) is 0 Å². The van der Waals surface area contributed by atoms with E-state index in [1.54, 1.807) is 12.1 Å². The molecule has 6 heteroatoms. The third-order valence-electron chi connectivity index (χ3n) is 2.84. The minimum Gasteiger partial charge on any atom is -0.351 e. The number of carbonyl (C=O) groups is 1. The third kappa shape index (κ3) is 5.14. The lowest BCUT2D eigenvalue weighted by molar-refractivity contribution is 0.0929. The number of rotatable bonds is 6. The van der Waals surface area contributed by atoms with Crippen LogP contribution in [0.25, 0.3) is 0 Å². The Morgan fingerprint density at radius 1 is 1.40 bits per heavy atom. The van der Waals surface area contributed by atoms with Crippen LogP contribution >= 0.6 is 0 Å². The molecular formula is C14H25N5O. The molecule has 0 spiro atoms. The van der Waals surface area contributed by atoms with Crippen molar-refractivity contribution in [3.8, 4) is 0 Å². The Labute approximate surface area is 120 Å². The number of aromatic nitrogens is 1. The van der Waals surface area contributed by atoms with Gasteiger partial charge in [0.2, 0.25) is 0 Å². The van der Waals surface area contributed by atoms with Crippen LogP contribution < -0.4 is 16.6 Å². The van der Waals surface area contributed by atoms with E-state index in [0.717, 1.165) is 12.2 Å². The molecular weight excluding hydrogens is 254 g/mol. The monoisotopic (exact) mass is 279 g/mol. The molecule has 1 rings (SSSR count). The molecule has 4 N–H and O–H groups in total. The molecule has 0 aromatic carbocycles. The summed E-state index contributed by atoms with van der Waals surface area (Å²) in [5.74, 6) is 5.71. The maximum absolute atomic E-state index is 12.2. The number of hydrogen-bond donors (Lipinski definition) is 3. The summed E-state index contributed by atoms with van der Waals surface area (Å²) in [7, 11) is 4.05. The highest BCUT2D eigenvalue weighted by Gasteiger charge is 2.20. The van der Waals surface area contributed by atoms with E-state index in [9.17, 15) is 4.79 Å². The number of anilines is 1. The van der Waals surface area contributed by atoms with Crippen molar-refractivity contribution in [3.05, 3.63) is 23.4 Å². The van der Waals surface area contributed by atoms with E-state index in [0.29, 0.717) is 17.9 Å². The largest absolute Gasteiger partial charge is 0.351 e. The fourth-order valence-electron chi connectivity index (χ4n) is 2.21. The average molecular weight is 279 g/mol. The average Bonchev–Trinajstić information content (AvgIpc) is 2.33. The van der Waals surface area contributed by atoms with Gasteiger partial charge >= 0.3 is 0 Å². The number of pyridine rings is 1. The molecule has 0 aliphatic rings. The van der Waals surface area contributed by atoms with Crippen LogP contribution in [-0.4, -0.2) is 43.0 Å². The first-order chi connectivity index (χ1) is 9.23. The predicted octanol–water partition coefficient (Wildman–Crippen LogP) is 0.993. The van der Waals surface area contributed by atoms with Gasteiger partial charge in [0.1, 0.15) is 5.82 Å². The van der Waals surface area contributed by atoms with Crippen LogP contribution in [0.15, 0.2) is 12.1 Å². The van der Waals surface area contributed by atoms with Gasteiger partial charge < -0.3 is 15.6 Å². The highest BCUT2D eigenvalue weighted by molar-refractivity contribution is 5.95. The van der Waals surface area contributed by atoms with Gasteiger partial charge in [-0.1, -0.05) is 13.8 Å². The number of nitrogens with one attached hydrogen (secondary N) is 2. The van der Waals surface area contributed by atoms with Gasteiger partial charge in [0.15, 0.2) is 0 Å². The number of amides is 1. The fraction of sp³-hybridized carbons (Fsp3) is 0.571. The lowest BCUT2D eigenvalue weighted by atomic mass is 9.93. The molecule has 1 amide bonds. The molecule has 0 fully saturated rings. The molecule has 1 aromatic heterocycles. The van der Waals surface area contributed by atoms with Crippen molar-refractivity contribution in [2.24, 2.45) is 11.3 Å². The van der Waals surface area contributed by atoms with Crippen LogP contribution in [0, 0.1) is 12.3 Å². The molecule has 20 heavy (non-hydrogen) atoms. The Bertz CT molecular complexity index is 471. The van der Waals surface area contributed by atoms with E-state index in [1.165, 1.54) is 0 Å². The summed E-state index contributed by atoms with van der Waals surface area (Å²) in [6.07, 6.45) is 0. The summed E-state index contributed by atoms with van der Waals surface area (Å²) >= 11 is 0. The summed E-state index contributed by atoms with van der Waals surface area (Å²) in [5.41, 5.74) is 3.78. The van der Waals surface area contributed by atoms with Gasteiger partial charge in [0.05, 0.1) is 0 Å². The number of hydrogen-bond acceptors (Lipinski definition) is 5. The van der Waals surface area contributed by atoms with Crippen molar-refractivity contribution in [2.75, 3.05) is 32.6 Å². The molecule has 112 valence electrons. The molecule has 0 atom stereocenters. The molecule has 0 unspecified atom stereocenters. The van der Waals surface area contributed by atoms with Crippen LogP contribution in [0.1, 0.15) is 29.9 Å². The standard InChI is InChI=1S/C14H25N5O/c1-10-6-11(7-12(17-10)18-15)13(20)16-8-14(2,3)9-19(4)5/h6-7H,8-9,15H2,1-5H3,(H,16,20)(H,17,18). The number of nitrogens with two attached hydrogens (primary N) is 1. The Morgan fingerprint density at radius 2 is 2.05 bits per heavy atom. The normalized spacial score (nSPS) is 11.6. The van der Waals surface area contributed by atoms with Gasteiger partial charge in [-0.25, -0.2) is 10.8 Å². The Kier molecular flexibility index (Phi) is 5.47. The van der Waals surface area contributed by atoms with E-state index < -0.39 is 0 Å². The van der Waals surface area contributed by atoms with E-state index in [1.807, 2.05) is 21.0 Å². The summed E-state index contributed by atoms with van der Waals surface area (Å²) in [6, 6.07) is 3.39. The van der Waals surface area contributed by atoms with Gasteiger partial charge in [0.25, 0.3) is 5.91 Å². The fourth-order valence-corrected chi connectivity index (χ4v) is 2.21. The van der Waals surface area contributed by atoms with Crippen molar-refractivity contribution in [1.82, 2.24) is 15.2 Å². The Morgan fingerprint density at radius 3 is 2.60 bits per heavy atom. The predicted molar refractivity (Wildman–Crippen MR) is 81.5 cm³/mol. The van der Waals surface area contributed by atoms with Crippen LogP contribution in [0.4, 0.5) is 5.82 Å². The van der Waals surface area contributed by atoms with Crippen LogP contribution in [0.5, 0.6) is 0 Å². The Balaban J connectivity index is 2.70. The summed E-state index contributed by atoms with van der Waals surface area (Å²) < 4.78 is 0. The zero-order valence-corrected chi connectivity index (χ0v) is 12.9. The van der Waals surface area contributed by atoms with E-state index in [2.05, 4.69) is 34.5 Å². The van der Waals surface area contributed by atoms with Gasteiger partial charge in [-0.2, -0.15) is 0 Å². The first-order valence-electron chi connectivity index (χ1n) is 6.62. The molecule has 0 aliphatic heterocycles. The van der Waals surface area contributed by atoms with Crippen molar-refractivity contribution in [1.29, 1.82) is 0 Å². The zero-order chi connectivity index (χ0) is 15.3. The highest BCUT2D eigenvalue weighted by atomic mass is 16.1. The van der Waals surface area contributed by atoms with Crippen molar-refractivity contribution >= 4 is 11.7 Å². The van der Waals surface area contributed by atoms with E-state index in [4.69, 9.17) is 5.84 Å². The van der Waals surface area contributed by atoms with Gasteiger partial charge in [-0.15, -0.1) is 0 Å². The maximum atomic E-state index is 12.2. The molecule has 0 bridgehead atoms. The quantitative estimate of drug-likeness (QED) is 0.534. The Hall–Kier alpha value is -1.66. The van der Waals surface area contributed by atoms with Gasteiger partial charge in [-0.05, 0) is 38.6 Å². The molecule has 0 aliphatic carbocycles. The van der Waals surface area contributed by atoms with Crippen molar-refractivity contribution in [3.63, 3.8) is 0 Å². The van der Waals surface area contributed by atoms with E-state index >= 15 is 0 Å². The van der Waals surface area contributed by atoms with Gasteiger partial charge in [0, 0.05) is 24.3 Å².